The lowest BCUT2D eigenvalue weighted by molar-refractivity contribution is 0.0482. The second kappa shape index (κ2) is 6.05. The number of hydrogen-bond acceptors (Lipinski definition) is 4. The first-order chi connectivity index (χ1) is 9.41. The molecule has 0 bridgehead atoms. The second-order valence-electron chi connectivity index (χ2n) is 6.58. The molecule has 0 aliphatic carbocycles. The SMILES string of the molecule is CC(C)(CS(=O)(=O)c1ccccc1)NC(=O)OC(C)(C)C. The zero-order valence-corrected chi connectivity index (χ0v) is 14.0. The molecule has 1 amide bonds. The number of carbonyl (C=O) groups is 1. The van der Waals surface area contributed by atoms with Gasteiger partial charge in [0.05, 0.1) is 16.2 Å². The van der Waals surface area contributed by atoms with Gasteiger partial charge in [-0.1, -0.05) is 18.2 Å². The van der Waals surface area contributed by atoms with Crippen molar-refractivity contribution < 1.29 is 17.9 Å². The van der Waals surface area contributed by atoms with Crippen LogP contribution in [-0.4, -0.2) is 31.4 Å². The predicted molar refractivity (Wildman–Crippen MR) is 81.9 cm³/mol. The molecule has 118 valence electrons. The molecule has 6 heteroatoms. The van der Waals surface area contributed by atoms with Crippen LogP contribution in [0, 0.1) is 0 Å². The summed E-state index contributed by atoms with van der Waals surface area (Å²) in [5, 5.41) is 2.60. The highest BCUT2D eigenvalue weighted by Gasteiger charge is 2.30. The maximum atomic E-state index is 12.3. The maximum Gasteiger partial charge on any atom is 0.408 e. The van der Waals surface area contributed by atoms with Gasteiger partial charge in [-0.15, -0.1) is 0 Å². The fraction of sp³-hybridized carbons (Fsp3) is 0.533. The largest absolute Gasteiger partial charge is 0.444 e. The lowest BCUT2D eigenvalue weighted by Gasteiger charge is -2.28. The Labute approximate surface area is 126 Å². The van der Waals surface area contributed by atoms with Crippen LogP contribution in [0.4, 0.5) is 4.79 Å². The first kappa shape index (κ1) is 17.5. The van der Waals surface area contributed by atoms with Crippen LogP contribution in [-0.2, 0) is 14.6 Å². The minimum Gasteiger partial charge on any atom is -0.444 e. The molecule has 0 heterocycles. The van der Waals surface area contributed by atoms with E-state index in [1.807, 2.05) is 0 Å². The van der Waals surface area contributed by atoms with Crippen molar-refractivity contribution in [2.75, 3.05) is 5.75 Å². The molecule has 0 atom stereocenters. The van der Waals surface area contributed by atoms with E-state index in [0.717, 1.165) is 0 Å². The number of ether oxygens (including phenoxy) is 1. The van der Waals surface area contributed by atoms with Gasteiger partial charge in [0.1, 0.15) is 5.60 Å². The summed E-state index contributed by atoms with van der Waals surface area (Å²) in [4.78, 5) is 12.0. The first-order valence-corrected chi connectivity index (χ1v) is 8.36. The van der Waals surface area contributed by atoms with Crippen LogP contribution in [0.1, 0.15) is 34.6 Å². The fourth-order valence-corrected chi connectivity index (χ4v) is 3.56. The monoisotopic (exact) mass is 313 g/mol. The third-order valence-electron chi connectivity index (χ3n) is 2.49. The molecule has 21 heavy (non-hydrogen) atoms. The van der Waals surface area contributed by atoms with Gasteiger partial charge in [-0.05, 0) is 46.8 Å². The molecular formula is C15H23NO4S. The van der Waals surface area contributed by atoms with E-state index in [0.29, 0.717) is 0 Å². The average molecular weight is 313 g/mol. The Hall–Kier alpha value is -1.56. The van der Waals surface area contributed by atoms with Crippen molar-refractivity contribution in [1.82, 2.24) is 5.32 Å². The van der Waals surface area contributed by atoms with Crippen molar-refractivity contribution >= 4 is 15.9 Å². The summed E-state index contributed by atoms with van der Waals surface area (Å²) in [6, 6.07) is 8.17. The molecule has 0 aliphatic rings. The highest BCUT2D eigenvalue weighted by atomic mass is 32.2. The van der Waals surface area contributed by atoms with Gasteiger partial charge in [0.2, 0.25) is 0 Å². The standard InChI is InChI=1S/C15H23NO4S/c1-14(2,3)20-13(17)16-15(4,5)11-21(18,19)12-9-7-6-8-10-12/h6-10H,11H2,1-5H3,(H,16,17). The average Bonchev–Trinajstić information content (AvgIpc) is 2.24. The maximum absolute atomic E-state index is 12.3. The molecule has 0 saturated heterocycles. The van der Waals surface area contributed by atoms with Crippen molar-refractivity contribution in [3.05, 3.63) is 30.3 Å². The number of carbonyl (C=O) groups excluding carboxylic acids is 1. The summed E-state index contributed by atoms with van der Waals surface area (Å²) >= 11 is 0. The number of amides is 1. The molecule has 5 nitrogen and oxygen atoms in total. The molecule has 0 fully saturated rings. The Morgan fingerprint density at radius 3 is 2.10 bits per heavy atom. The van der Waals surface area contributed by atoms with E-state index in [-0.39, 0.29) is 10.6 Å². The lowest BCUT2D eigenvalue weighted by Crippen LogP contribution is -2.49. The fourth-order valence-electron chi connectivity index (χ4n) is 1.80. The molecule has 0 spiro atoms. The van der Waals surface area contributed by atoms with Crippen molar-refractivity contribution in [2.24, 2.45) is 0 Å². The van der Waals surface area contributed by atoms with E-state index in [1.165, 1.54) is 0 Å². The van der Waals surface area contributed by atoms with Crippen molar-refractivity contribution in [3.8, 4) is 0 Å². The van der Waals surface area contributed by atoms with E-state index in [9.17, 15) is 13.2 Å². The normalized spacial score (nSPS) is 12.8. The summed E-state index contributed by atoms with van der Waals surface area (Å²) in [5.41, 5.74) is -1.56. The van der Waals surface area contributed by atoms with Crippen molar-refractivity contribution in [3.63, 3.8) is 0 Å². The van der Waals surface area contributed by atoms with Gasteiger partial charge in [0.15, 0.2) is 9.84 Å². The third-order valence-corrected chi connectivity index (χ3v) is 4.58. The Kier molecular flexibility index (Phi) is 5.04. The van der Waals surface area contributed by atoms with Crippen LogP contribution in [0.15, 0.2) is 35.2 Å². The minimum absolute atomic E-state index is 0.205. The van der Waals surface area contributed by atoms with Crippen LogP contribution >= 0.6 is 0 Å². The molecule has 0 aromatic heterocycles. The van der Waals surface area contributed by atoms with Gasteiger partial charge < -0.3 is 10.1 Å². The molecule has 0 radical (unpaired) electrons. The Morgan fingerprint density at radius 2 is 1.62 bits per heavy atom. The Bertz CT molecular complexity index is 586. The van der Waals surface area contributed by atoms with Crippen molar-refractivity contribution in [1.29, 1.82) is 0 Å². The van der Waals surface area contributed by atoms with E-state index in [2.05, 4.69) is 5.32 Å². The van der Waals surface area contributed by atoms with Crippen LogP contribution in [0.25, 0.3) is 0 Å². The molecule has 1 N–H and O–H groups in total. The summed E-state index contributed by atoms with van der Waals surface area (Å²) in [5.74, 6) is -0.205. The Balaban J connectivity index is 2.79. The van der Waals surface area contributed by atoms with E-state index >= 15 is 0 Å². The van der Waals surface area contributed by atoms with Gasteiger partial charge in [0.25, 0.3) is 0 Å². The smallest absolute Gasteiger partial charge is 0.408 e. The molecular weight excluding hydrogens is 290 g/mol. The molecule has 0 saturated carbocycles. The highest BCUT2D eigenvalue weighted by Crippen LogP contribution is 2.17. The minimum atomic E-state index is -3.48. The van der Waals surface area contributed by atoms with Gasteiger partial charge >= 0.3 is 6.09 Å². The molecule has 1 aromatic carbocycles. The van der Waals surface area contributed by atoms with Gasteiger partial charge in [-0.25, -0.2) is 13.2 Å². The number of sulfone groups is 1. The van der Waals surface area contributed by atoms with E-state index in [1.54, 1.807) is 65.0 Å². The number of alkyl carbamates (subject to hydrolysis) is 1. The molecule has 1 rings (SSSR count). The number of nitrogens with one attached hydrogen (secondary N) is 1. The van der Waals surface area contributed by atoms with Crippen LogP contribution < -0.4 is 5.32 Å². The van der Waals surface area contributed by atoms with Gasteiger partial charge in [0, 0.05) is 0 Å². The number of hydrogen-bond donors (Lipinski definition) is 1. The van der Waals surface area contributed by atoms with Crippen molar-refractivity contribution in [2.45, 2.75) is 50.7 Å². The van der Waals surface area contributed by atoms with Gasteiger partial charge in [-0.2, -0.15) is 0 Å². The Morgan fingerprint density at radius 1 is 1.10 bits per heavy atom. The van der Waals surface area contributed by atoms with Crippen LogP contribution in [0.2, 0.25) is 0 Å². The molecule has 0 unspecified atom stereocenters. The van der Waals surface area contributed by atoms with Gasteiger partial charge in [-0.3, -0.25) is 0 Å². The third kappa shape index (κ3) is 6.16. The van der Waals surface area contributed by atoms with Crippen LogP contribution in [0.3, 0.4) is 0 Å². The summed E-state index contributed by atoms with van der Waals surface area (Å²) < 4.78 is 29.8. The van der Waals surface area contributed by atoms with E-state index in [4.69, 9.17) is 4.74 Å². The summed E-state index contributed by atoms with van der Waals surface area (Å²) in [6.45, 7) is 8.55. The first-order valence-electron chi connectivity index (χ1n) is 6.70. The lowest BCUT2D eigenvalue weighted by atomic mass is 10.1. The number of rotatable bonds is 4. The molecule has 0 aliphatic heterocycles. The summed E-state index contributed by atoms with van der Waals surface area (Å²) in [7, 11) is -3.48. The number of benzene rings is 1. The summed E-state index contributed by atoms with van der Waals surface area (Å²) in [6.07, 6.45) is -0.629. The second-order valence-corrected chi connectivity index (χ2v) is 8.57. The van der Waals surface area contributed by atoms with E-state index < -0.39 is 27.1 Å². The quantitative estimate of drug-likeness (QED) is 0.927. The predicted octanol–water partition coefficient (Wildman–Crippen LogP) is 2.76. The zero-order chi connectivity index (χ0) is 16.3. The zero-order valence-electron chi connectivity index (χ0n) is 13.1. The topological polar surface area (TPSA) is 72.5 Å². The van der Waals surface area contributed by atoms with Crippen LogP contribution in [0.5, 0.6) is 0 Å². The highest BCUT2D eigenvalue weighted by molar-refractivity contribution is 7.91. The molecule has 1 aromatic rings.